The number of hydrogen-bond acceptors (Lipinski definition) is 2. The predicted molar refractivity (Wildman–Crippen MR) is 84.2 cm³/mol. The molecule has 0 spiro atoms. The molecule has 0 atom stereocenters. The van der Waals surface area contributed by atoms with Gasteiger partial charge in [-0.05, 0) is 69.2 Å². The molecule has 0 fully saturated rings. The summed E-state index contributed by atoms with van der Waals surface area (Å²) in [5.41, 5.74) is 1.88. The van der Waals surface area contributed by atoms with E-state index in [1.807, 2.05) is 24.3 Å². The summed E-state index contributed by atoms with van der Waals surface area (Å²) in [7, 11) is 0. The molecular formula is C18H22FNO. The summed E-state index contributed by atoms with van der Waals surface area (Å²) in [5.74, 6) is 1.18. The maximum Gasteiger partial charge on any atom is 0.127 e. The van der Waals surface area contributed by atoms with Crippen LogP contribution in [0.1, 0.15) is 31.9 Å². The van der Waals surface area contributed by atoms with Crippen LogP contribution in [-0.4, -0.2) is 5.54 Å². The van der Waals surface area contributed by atoms with Gasteiger partial charge in [0.25, 0.3) is 0 Å². The highest BCUT2D eigenvalue weighted by atomic mass is 19.1. The van der Waals surface area contributed by atoms with Crippen LogP contribution in [0, 0.1) is 12.7 Å². The molecule has 3 heteroatoms. The number of benzene rings is 2. The lowest BCUT2D eigenvalue weighted by Crippen LogP contribution is -2.34. The Balaban J connectivity index is 2.00. The van der Waals surface area contributed by atoms with Gasteiger partial charge in [0.2, 0.25) is 0 Å². The van der Waals surface area contributed by atoms with Crippen LogP contribution >= 0.6 is 0 Å². The highest BCUT2D eigenvalue weighted by molar-refractivity contribution is 5.35. The second-order valence-corrected chi connectivity index (χ2v) is 6.26. The highest BCUT2D eigenvalue weighted by Gasteiger charge is 2.08. The van der Waals surface area contributed by atoms with Gasteiger partial charge in [0.05, 0.1) is 0 Å². The number of ether oxygens (including phenoxy) is 1. The topological polar surface area (TPSA) is 21.3 Å². The molecule has 0 amide bonds. The third kappa shape index (κ3) is 4.87. The maximum absolute atomic E-state index is 13.2. The van der Waals surface area contributed by atoms with Crippen LogP contribution in [0.25, 0.3) is 0 Å². The van der Waals surface area contributed by atoms with E-state index in [9.17, 15) is 4.39 Å². The third-order valence-corrected chi connectivity index (χ3v) is 3.11. The van der Waals surface area contributed by atoms with E-state index >= 15 is 0 Å². The van der Waals surface area contributed by atoms with Crippen molar-refractivity contribution in [2.45, 2.75) is 39.8 Å². The van der Waals surface area contributed by atoms with Gasteiger partial charge in [-0.1, -0.05) is 12.1 Å². The van der Waals surface area contributed by atoms with Crippen LogP contribution in [-0.2, 0) is 6.54 Å². The van der Waals surface area contributed by atoms with Crippen LogP contribution in [0.5, 0.6) is 11.5 Å². The van der Waals surface area contributed by atoms with Gasteiger partial charge in [0.15, 0.2) is 0 Å². The zero-order valence-corrected chi connectivity index (χ0v) is 13.0. The van der Waals surface area contributed by atoms with Gasteiger partial charge in [-0.2, -0.15) is 0 Å². The molecule has 0 heterocycles. The summed E-state index contributed by atoms with van der Waals surface area (Å²) in [6, 6.07) is 12.7. The van der Waals surface area contributed by atoms with E-state index in [1.54, 1.807) is 19.1 Å². The number of nitrogens with one attached hydrogen (secondary N) is 1. The SMILES string of the molecule is Cc1cc(Oc2ccc(CNC(C)(C)C)cc2)ccc1F. The Labute approximate surface area is 126 Å². The maximum atomic E-state index is 13.2. The van der Waals surface area contributed by atoms with E-state index in [-0.39, 0.29) is 11.4 Å². The van der Waals surface area contributed by atoms with E-state index in [1.165, 1.54) is 11.6 Å². The van der Waals surface area contributed by atoms with E-state index in [2.05, 4.69) is 26.1 Å². The second-order valence-electron chi connectivity index (χ2n) is 6.26. The smallest absolute Gasteiger partial charge is 0.127 e. The van der Waals surface area contributed by atoms with E-state index in [4.69, 9.17) is 4.74 Å². The predicted octanol–water partition coefficient (Wildman–Crippen LogP) is 4.81. The normalized spacial score (nSPS) is 11.5. The van der Waals surface area contributed by atoms with Gasteiger partial charge < -0.3 is 10.1 Å². The first-order chi connectivity index (χ1) is 9.83. The van der Waals surface area contributed by atoms with Crippen LogP contribution in [0.3, 0.4) is 0 Å². The number of hydrogen-bond donors (Lipinski definition) is 1. The van der Waals surface area contributed by atoms with Crippen molar-refractivity contribution in [1.82, 2.24) is 5.32 Å². The summed E-state index contributed by atoms with van der Waals surface area (Å²) in [6.45, 7) is 8.97. The van der Waals surface area contributed by atoms with Crippen LogP contribution < -0.4 is 10.1 Å². The van der Waals surface area contributed by atoms with E-state index in [0.717, 1.165) is 12.3 Å². The van der Waals surface area contributed by atoms with Crippen molar-refractivity contribution in [1.29, 1.82) is 0 Å². The molecule has 0 aliphatic heterocycles. The first-order valence-corrected chi connectivity index (χ1v) is 7.11. The fourth-order valence-corrected chi connectivity index (χ4v) is 1.86. The highest BCUT2D eigenvalue weighted by Crippen LogP contribution is 2.23. The minimum atomic E-state index is -0.217. The van der Waals surface area contributed by atoms with E-state index in [0.29, 0.717) is 11.3 Å². The Kier molecular flexibility index (Phi) is 4.63. The molecule has 2 aromatic carbocycles. The van der Waals surface area contributed by atoms with Gasteiger partial charge in [0, 0.05) is 12.1 Å². The molecule has 2 nitrogen and oxygen atoms in total. The molecule has 1 N–H and O–H groups in total. The Morgan fingerprint density at radius 1 is 1.00 bits per heavy atom. The van der Waals surface area contributed by atoms with Gasteiger partial charge >= 0.3 is 0 Å². The van der Waals surface area contributed by atoms with E-state index < -0.39 is 0 Å². The number of aryl methyl sites for hydroxylation is 1. The molecule has 112 valence electrons. The minimum absolute atomic E-state index is 0.0980. The quantitative estimate of drug-likeness (QED) is 0.871. The van der Waals surface area contributed by atoms with Crippen molar-refractivity contribution in [3.05, 3.63) is 59.4 Å². The fraction of sp³-hybridized carbons (Fsp3) is 0.333. The monoisotopic (exact) mass is 287 g/mol. The summed E-state index contributed by atoms with van der Waals surface area (Å²) in [6.07, 6.45) is 0. The molecular weight excluding hydrogens is 265 g/mol. The molecule has 0 bridgehead atoms. The third-order valence-electron chi connectivity index (χ3n) is 3.11. The minimum Gasteiger partial charge on any atom is -0.457 e. The summed E-state index contributed by atoms with van der Waals surface area (Å²) >= 11 is 0. The van der Waals surface area contributed by atoms with Crippen LogP contribution in [0.2, 0.25) is 0 Å². The van der Waals surface area contributed by atoms with Gasteiger partial charge in [-0.15, -0.1) is 0 Å². The van der Waals surface area contributed by atoms with Crippen molar-refractivity contribution in [2.24, 2.45) is 0 Å². The van der Waals surface area contributed by atoms with Crippen molar-refractivity contribution in [2.75, 3.05) is 0 Å². The van der Waals surface area contributed by atoms with Crippen molar-refractivity contribution >= 4 is 0 Å². The molecule has 2 rings (SSSR count). The Hall–Kier alpha value is -1.87. The lowest BCUT2D eigenvalue weighted by Gasteiger charge is -2.20. The molecule has 0 aliphatic carbocycles. The van der Waals surface area contributed by atoms with Crippen molar-refractivity contribution in [3.63, 3.8) is 0 Å². The summed E-state index contributed by atoms with van der Waals surface area (Å²) in [4.78, 5) is 0. The fourth-order valence-electron chi connectivity index (χ4n) is 1.86. The van der Waals surface area contributed by atoms with Gasteiger partial charge in [-0.3, -0.25) is 0 Å². The summed E-state index contributed by atoms with van der Waals surface area (Å²) < 4.78 is 18.9. The largest absolute Gasteiger partial charge is 0.457 e. The summed E-state index contributed by atoms with van der Waals surface area (Å²) in [5, 5.41) is 3.44. The Morgan fingerprint density at radius 3 is 2.19 bits per heavy atom. The zero-order chi connectivity index (χ0) is 15.5. The van der Waals surface area contributed by atoms with Crippen LogP contribution in [0.4, 0.5) is 4.39 Å². The molecule has 21 heavy (non-hydrogen) atoms. The molecule has 0 saturated heterocycles. The van der Waals surface area contributed by atoms with Crippen molar-refractivity contribution < 1.29 is 9.13 Å². The molecule has 0 unspecified atom stereocenters. The molecule has 0 radical (unpaired) electrons. The first-order valence-electron chi connectivity index (χ1n) is 7.11. The van der Waals surface area contributed by atoms with Crippen molar-refractivity contribution in [3.8, 4) is 11.5 Å². The Bertz CT molecular complexity index is 600. The lowest BCUT2D eigenvalue weighted by molar-refractivity contribution is 0.424. The van der Waals surface area contributed by atoms with Gasteiger partial charge in [-0.25, -0.2) is 4.39 Å². The van der Waals surface area contributed by atoms with Gasteiger partial charge in [0.1, 0.15) is 17.3 Å². The molecule has 2 aromatic rings. The van der Waals surface area contributed by atoms with Crippen LogP contribution in [0.15, 0.2) is 42.5 Å². The molecule has 0 aliphatic rings. The molecule has 0 saturated carbocycles. The number of halogens is 1. The lowest BCUT2D eigenvalue weighted by atomic mass is 10.1. The average Bonchev–Trinajstić information content (AvgIpc) is 2.41. The standard InChI is InChI=1S/C18H22FNO/c1-13-11-16(9-10-17(13)19)21-15-7-5-14(6-8-15)12-20-18(2,3)4/h5-11,20H,12H2,1-4H3. The number of rotatable bonds is 4. The molecule has 0 aromatic heterocycles. The average molecular weight is 287 g/mol. The Morgan fingerprint density at radius 2 is 1.62 bits per heavy atom. The second kappa shape index (κ2) is 6.27. The zero-order valence-electron chi connectivity index (χ0n) is 13.0. The first kappa shape index (κ1) is 15.5.